The van der Waals surface area contributed by atoms with E-state index in [0.29, 0.717) is 18.0 Å². The van der Waals surface area contributed by atoms with Crippen LogP contribution in [0.1, 0.15) is 26.2 Å². The average molecular weight is 237 g/mol. The molecule has 3 heterocycles. The van der Waals surface area contributed by atoms with Gasteiger partial charge in [0.2, 0.25) is 0 Å². The first kappa shape index (κ1) is 11.3. The monoisotopic (exact) mass is 237 g/mol. The Balaban J connectivity index is 1.62. The Labute approximate surface area is 103 Å². The third-order valence-corrected chi connectivity index (χ3v) is 4.75. The lowest BCUT2D eigenvalue weighted by atomic mass is 9.99. The van der Waals surface area contributed by atoms with Gasteiger partial charge in [0.15, 0.2) is 0 Å². The third kappa shape index (κ3) is 2.03. The molecule has 96 valence electrons. The summed E-state index contributed by atoms with van der Waals surface area (Å²) in [5.74, 6) is 1.50. The summed E-state index contributed by atoms with van der Waals surface area (Å²) in [6.07, 6.45) is 3.53. The van der Waals surface area contributed by atoms with E-state index in [1.165, 1.54) is 19.3 Å². The summed E-state index contributed by atoms with van der Waals surface area (Å²) in [7, 11) is 0. The summed E-state index contributed by atoms with van der Waals surface area (Å²) < 4.78 is 0. The van der Waals surface area contributed by atoms with E-state index in [2.05, 4.69) is 22.0 Å². The molecule has 1 N–H and O–H groups in total. The van der Waals surface area contributed by atoms with E-state index in [9.17, 15) is 4.79 Å². The molecular weight excluding hydrogens is 214 g/mol. The molecule has 0 spiro atoms. The predicted octanol–water partition coefficient (Wildman–Crippen LogP) is 1.13. The minimum Gasteiger partial charge on any atom is -0.325 e. The topological polar surface area (TPSA) is 35.6 Å². The number of urea groups is 1. The van der Waals surface area contributed by atoms with Crippen LogP contribution in [0.4, 0.5) is 4.79 Å². The Hall–Kier alpha value is -0.770. The summed E-state index contributed by atoms with van der Waals surface area (Å²) >= 11 is 0. The van der Waals surface area contributed by atoms with Gasteiger partial charge in [-0.2, -0.15) is 0 Å². The molecule has 0 aromatic rings. The van der Waals surface area contributed by atoms with E-state index in [0.717, 1.165) is 38.6 Å². The first-order chi connectivity index (χ1) is 8.25. The van der Waals surface area contributed by atoms with Gasteiger partial charge in [0.05, 0.1) is 0 Å². The second-order valence-electron chi connectivity index (χ2n) is 5.92. The zero-order chi connectivity index (χ0) is 11.8. The summed E-state index contributed by atoms with van der Waals surface area (Å²) in [6.45, 7) is 7.28. The van der Waals surface area contributed by atoms with E-state index < -0.39 is 0 Å². The molecule has 3 fully saturated rings. The number of hydrogen-bond donors (Lipinski definition) is 1. The maximum absolute atomic E-state index is 12.5. The van der Waals surface area contributed by atoms with Crippen molar-refractivity contribution in [3.05, 3.63) is 0 Å². The molecule has 3 rings (SSSR count). The number of nitrogens with one attached hydrogen (secondary N) is 1. The Bertz CT molecular complexity index is 299. The molecule has 3 aliphatic heterocycles. The number of nitrogens with zero attached hydrogens (tertiary/aromatic N) is 2. The van der Waals surface area contributed by atoms with Crippen molar-refractivity contribution >= 4 is 6.03 Å². The second kappa shape index (κ2) is 4.48. The predicted molar refractivity (Wildman–Crippen MR) is 66.8 cm³/mol. The van der Waals surface area contributed by atoms with Crippen molar-refractivity contribution in [3.63, 3.8) is 0 Å². The fraction of sp³-hybridized carbons (Fsp3) is 0.923. The van der Waals surface area contributed by atoms with E-state index >= 15 is 0 Å². The van der Waals surface area contributed by atoms with E-state index in [1.54, 1.807) is 0 Å². The second-order valence-corrected chi connectivity index (χ2v) is 5.92. The molecule has 0 saturated carbocycles. The van der Waals surface area contributed by atoms with Crippen LogP contribution < -0.4 is 5.32 Å². The Morgan fingerprint density at radius 1 is 1.12 bits per heavy atom. The van der Waals surface area contributed by atoms with Crippen molar-refractivity contribution in [2.75, 3.05) is 32.7 Å². The van der Waals surface area contributed by atoms with Crippen LogP contribution >= 0.6 is 0 Å². The highest BCUT2D eigenvalue weighted by molar-refractivity contribution is 5.75. The van der Waals surface area contributed by atoms with Gasteiger partial charge in [-0.1, -0.05) is 6.92 Å². The van der Waals surface area contributed by atoms with Gasteiger partial charge in [-0.15, -0.1) is 0 Å². The number of carbonyl (C=O) groups is 1. The van der Waals surface area contributed by atoms with Crippen molar-refractivity contribution in [1.29, 1.82) is 0 Å². The third-order valence-electron chi connectivity index (χ3n) is 4.75. The molecule has 3 saturated heterocycles. The lowest BCUT2D eigenvalue weighted by Gasteiger charge is -2.35. The standard InChI is InChI=1S/C13H23N3O/c1-10-2-5-15(6-3-10)13(17)16-7-4-11-8-14-9-12(11)16/h10-12,14H,2-9H2,1H3/t11-,12+/m0/s1. The van der Waals surface area contributed by atoms with Gasteiger partial charge < -0.3 is 15.1 Å². The van der Waals surface area contributed by atoms with Crippen LogP contribution in [0.3, 0.4) is 0 Å². The molecule has 3 aliphatic rings. The van der Waals surface area contributed by atoms with Crippen molar-refractivity contribution in [1.82, 2.24) is 15.1 Å². The minimum atomic E-state index is 0.299. The molecule has 0 aromatic heterocycles. The molecule has 2 amide bonds. The first-order valence-electron chi connectivity index (χ1n) is 7.02. The Morgan fingerprint density at radius 3 is 2.65 bits per heavy atom. The molecule has 17 heavy (non-hydrogen) atoms. The largest absolute Gasteiger partial charge is 0.325 e. The van der Waals surface area contributed by atoms with E-state index in [1.807, 2.05) is 0 Å². The van der Waals surface area contributed by atoms with Crippen LogP contribution in [0.25, 0.3) is 0 Å². The van der Waals surface area contributed by atoms with Crippen molar-refractivity contribution in [3.8, 4) is 0 Å². The number of likely N-dealkylation sites (tertiary alicyclic amines) is 2. The molecule has 0 bridgehead atoms. The maximum atomic E-state index is 12.5. The van der Waals surface area contributed by atoms with Crippen LogP contribution in [-0.4, -0.2) is 54.6 Å². The van der Waals surface area contributed by atoms with Crippen molar-refractivity contribution in [2.24, 2.45) is 11.8 Å². The summed E-state index contributed by atoms with van der Waals surface area (Å²) in [5.41, 5.74) is 0. The molecular formula is C13H23N3O. The molecule has 4 heteroatoms. The van der Waals surface area contributed by atoms with Crippen LogP contribution in [-0.2, 0) is 0 Å². The first-order valence-corrected chi connectivity index (χ1v) is 7.02. The van der Waals surface area contributed by atoms with Gasteiger partial charge in [-0.3, -0.25) is 0 Å². The van der Waals surface area contributed by atoms with Gasteiger partial charge in [0, 0.05) is 38.8 Å². The quantitative estimate of drug-likeness (QED) is 0.685. The molecule has 4 nitrogen and oxygen atoms in total. The van der Waals surface area contributed by atoms with Crippen molar-refractivity contribution < 1.29 is 4.79 Å². The van der Waals surface area contributed by atoms with E-state index in [4.69, 9.17) is 0 Å². The fourth-order valence-corrected chi connectivity index (χ4v) is 3.47. The Morgan fingerprint density at radius 2 is 1.88 bits per heavy atom. The highest BCUT2D eigenvalue weighted by Crippen LogP contribution is 2.29. The SMILES string of the molecule is CC1CCN(C(=O)N2CC[C@H]3CNC[C@H]32)CC1. The number of carbonyl (C=O) groups excluding carboxylic acids is 1. The Kier molecular flexibility index (Phi) is 2.99. The van der Waals surface area contributed by atoms with Gasteiger partial charge in [0.25, 0.3) is 0 Å². The smallest absolute Gasteiger partial charge is 0.320 e. The lowest BCUT2D eigenvalue weighted by Crippen LogP contribution is -2.49. The van der Waals surface area contributed by atoms with Crippen LogP contribution in [0, 0.1) is 11.8 Å². The van der Waals surface area contributed by atoms with Crippen LogP contribution in [0.2, 0.25) is 0 Å². The van der Waals surface area contributed by atoms with Gasteiger partial charge >= 0.3 is 6.03 Å². The average Bonchev–Trinajstić information content (AvgIpc) is 2.90. The number of piperidine rings is 1. The summed E-state index contributed by atoms with van der Waals surface area (Å²) in [5, 5.41) is 3.41. The van der Waals surface area contributed by atoms with Crippen LogP contribution in [0.15, 0.2) is 0 Å². The van der Waals surface area contributed by atoms with Gasteiger partial charge in [0.1, 0.15) is 0 Å². The normalized spacial score (nSPS) is 34.2. The molecule has 0 aromatic carbocycles. The minimum absolute atomic E-state index is 0.299. The van der Waals surface area contributed by atoms with Crippen molar-refractivity contribution in [2.45, 2.75) is 32.2 Å². The van der Waals surface area contributed by atoms with Gasteiger partial charge in [-0.05, 0) is 31.1 Å². The fourth-order valence-electron chi connectivity index (χ4n) is 3.47. The highest BCUT2D eigenvalue weighted by Gasteiger charge is 2.41. The maximum Gasteiger partial charge on any atom is 0.320 e. The highest BCUT2D eigenvalue weighted by atomic mass is 16.2. The number of hydrogen-bond acceptors (Lipinski definition) is 2. The number of fused-ring (bicyclic) bond motifs is 1. The van der Waals surface area contributed by atoms with E-state index in [-0.39, 0.29) is 0 Å². The molecule has 0 unspecified atom stereocenters. The summed E-state index contributed by atoms with van der Waals surface area (Å²) in [4.78, 5) is 16.7. The zero-order valence-electron chi connectivity index (χ0n) is 10.7. The molecule has 2 atom stereocenters. The molecule has 0 aliphatic carbocycles. The molecule has 0 radical (unpaired) electrons. The van der Waals surface area contributed by atoms with Crippen LogP contribution in [0.5, 0.6) is 0 Å². The van der Waals surface area contributed by atoms with Gasteiger partial charge in [-0.25, -0.2) is 4.79 Å². The zero-order valence-corrected chi connectivity index (χ0v) is 10.7. The number of amides is 2. The number of rotatable bonds is 0. The summed E-state index contributed by atoms with van der Waals surface area (Å²) in [6, 6.07) is 0.773. The lowest BCUT2D eigenvalue weighted by molar-refractivity contribution is 0.130.